The number of amides is 12. The first-order valence-electron chi connectivity index (χ1n) is 37.7. The van der Waals surface area contributed by atoms with Gasteiger partial charge in [0, 0.05) is 82.5 Å². The largest absolute Gasteiger partial charge is 0.397 e. The van der Waals surface area contributed by atoms with E-state index in [-0.39, 0.29) is 82.9 Å². The highest BCUT2D eigenvalue weighted by atomic mass is 19.4. The number of nitrogens with zero attached hydrogens (tertiary/aromatic N) is 9. The number of fused-ring (bicyclic) bond motifs is 2. The average Bonchev–Trinajstić information content (AvgIpc) is 1.36. The quantitative estimate of drug-likeness (QED) is 0.195. The van der Waals surface area contributed by atoms with E-state index in [4.69, 9.17) is 4.74 Å². The van der Waals surface area contributed by atoms with Crippen molar-refractivity contribution in [1.82, 2.24) is 60.0 Å². The molecule has 12 amide bonds. The highest BCUT2D eigenvalue weighted by Gasteiger charge is 2.56. The van der Waals surface area contributed by atoms with Crippen molar-refractivity contribution >= 4 is 70.9 Å². The fourth-order valence-electron chi connectivity index (χ4n) is 16.9. The van der Waals surface area contributed by atoms with Gasteiger partial charge in [-0.3, -0.25) is 57.5 Å². The molecule has 3 N–H and O–H groups in total. The maximum absolute atomic E-state index is 15.7. The summed E-state index contributed by atoms with van der Waals surface area (Å²) in [4.78, 5) is 192. The van der Waals surface area contributed by atoms with Crippen molar-refractivity contribution < 1.29 is 84.2 Å². The van der Waals surface area contributed by atoms with Gasteiger partial charge in [0.1, 0.15) is 78.2 Å². The molecule has 3 heterocycles. The molecule has 103 heavy (non-hydrogen) atoms. The maximum Gasteiger partial charge on any atom is 0.397 e. The number of likely N-dealkylation sites (N-methyl/N-ethyl adjacent to an activating group) is 7. The third-order valence-corrected chi connectivity index (χ3v) is 23.6. The molecule has 3 saturated heterocycles. The molecule has 13 atom stereocenters. The van der Waals surface area contributed by atoms with Crippen molar-refractivity contribution in [3.05, 3.63) is 0 Å². The zero-order valence-corrected chi connectivity index (χ0v) is 63.2. The van der Waals surface area contributed by atoms with Gasteiger partial charge in [0.15, 0.2) is 0 Å². The number of rotatable bonds is 13. The van der Waals surface area contributed by atoms with Crippen molar-refractivity contribution in [1.29, 1.82) is 0 Å². The van der Waals surface area contributed by atoms with Crippen LogP contribution in [-0.4, -0.2) is 282 Å². The van der Waals surface area contributed by atoms with Crippen LogP contribution in [0.3, 0.4) is 0 Å². The van der Waals surface area contributed by atoms with Gasteiger partial charge in [-0.05, 0) is 114 Å². The van der Waals surface area contributed by atoms with Gasteiger partial charge in [0.25, 0.3) is 0 Å². The molecule has 0 aromatic heterocycles. The molecule has 0 radical (unpaired) electrons. The Bertz CT molecular complexity index is 3030. The molecule has 7 rings (SSSR count). The summed E-state index contributed by atoms with van der Waals surface area (Å²) in [5.74, 6) is -13.5. The lowest BCUT2D eigenvalue weighted by Crippen LogP contribution is -2.65. The summed E-state index contributed by atoms with van der Waals surface area (Å²) in [5, 5.41) is 8.64. The summed E-state index contributed by atoms with van der Waals surface area (Å²) in [6.07, 6.45) is -5.35. The Hall–Kier alpha value is -6.75. The molecule has 30 heteroatoms. The van der Waals surface area contributed by atoms with E-state index in [2.05, 4.69) is 16.0 Å². The molecule has 3 aliphatic heterocycles. The van der Waals surface area contributed by atoms with Crippen LogP contribution in [-0.2, 0) is 62.3 Å². The van der Waals surface area contributed by atoms with Gasteiger partial charge in [-0.15, -0.1) is 0 Å². The lowest BCUT2D eigenvalue weighted by atomic mass is 9.76. The van der Waals surface area contributed by atoms with Gasteiger partial charge >= 0.3 is 6.18 Å². The van der Waals surface area contributed by atoms with Crippen LogP contribution in [0.25, 0.3) is 0 Å². The Morgan fingerprint density at radius 2 is 1.25 bits per heavy atom. The van der Waals surface area contributed by atoms with E-state index in [0.29, 0.717) is 44.9 Å². The summed E-state index contributed by atoms with van der Waals surface area (Å²) in [6, 6.07) is -11.6. The van der Waals surface area contributed by atoms with E-state index in [0.717, 1.165) is 41.9 Å². The topological polar surface area (TPSA) is 279 Å². The summed E-state index contributed by atoms with van der Waals surface area (Å²) >= 11 is 0. The number of hydrogen-bond donors (Lipinski definition) is 3. The minimum Gasteiger partial charge on any atom is -0.377 e. The minimum absolute atomic E-state index is 0.0220. The Kier molecular flexibility index (Phi) is 29.2. The van der Waals surface area contributed by atoms with Gasteiger partial charge < -0.3 is 64.8 Å². The van der Waals surface area contributed by atoms with Gasteiger partial charge in [-0.1, -0.05) is 91.9 Å². The zero-order valence-electron chi connectivity index (χ0n) is 63.2. The Labute approximate surface area is 604 Å². The van der Waals surface area contributed by atoms with Crippen LogP contribution in [0.1, 0.15) is 189 Å². The number of carbonyl (C=O) groups excluding carboxylic acids is 12. The number of carbonyl (C=O) groups is 12. The Morgan fingerprint density at radius 3 is 1.81 bits per heavy atom. The monoisotopic (exact) mass is 1460 g/mol. The fraction of sp³-hybridized carbons (Fsp3) is 0.836. The normalized spacial score (nSPS) is 31.9. The van der Waals surface area contributed by atoms with Crippen molar-refractivity contribution in [2.45, 2.75) is 274 Å². The molecule has 0 aromatic carbocycles. The van der Waals surface area contributed by atoms with Gasteiger partial charge in [0.2, 0.25) is 70.9 Å². The second-order valence-electron chi connectivity index (χ2n) is 31.4. The van der Waals surface area contributed by atoms with Crippen LogP contribution < -0.4 is 16.0 Å². The highest BCUT2D eigenvalue weighted by molar-refractivity contribution is 6.01. The van der Waals surface area contributed by atoms with E-state index in [1.165, 1.54) is 97.6 Å². The molecular formula is C73H117F5N12O13. The number of halogens is 5. The van der Waals surface area contributed by atoms with E-state index in [1.54, 1.807) is 13.8 Å². The van der Waals surface area contributed by atoms with Crippen molar-refractivity contribution in [2.24, 2.45) is 35.5 Å². The van der Waals surface area contributed by atoms with Crippen LogP contribution in [0.4, 0.5) is 22.0 Å². The van der Waals surface area contributed by atoms with Crippen molar-refractivity contribution in [2.75, 3.05) is 82.6 Å². The van der Waals surface area contributed by atoms with E-state index in [9.17, 15) is 46.7 Å². The summed E-state index contributed by atoms with van der Waals surface area (Å²) in [7, 11) is 11.4. The van der Waals surface area contributed by atoms with E-state index < -0.39 is 205 Å². The molecule has 582 valence electrons. The maximum atomic E-state index is 15.7. The molecule has 25 nitrogen and oxygen atoms in total. The molecule has 7 fully saturated rings. The Balaban J connectivity index is 1.31. The van der Waals surface area contributed by atoms with E-state index in [1.807, 2.05) is 20.8 Å². The fourth-order valence-corrected chi connectivity index (χ4v) is 16.9. The van der Waals surface area contributed by atoms with Crippen LogP contribution in [0.15, 0.2) is 0 Å². The molecule has 4 saturated carbocycles. The molecule has 1 spiro atoms. The second-order valence-corrected chi connectivity index (χ2v) is 31.4. The standard InChI is InChI=1S/C73H117F5N12O13/c1-15-43(5)60-69(100)84(10)44(6)64(95)89-33-30-52(89)68(99)86(12)55(37-45-24-18-17-19-25-45)67(98)83(9)41-57(91)79-51(29-28-46-35-49(74)59(50(75)36-46)73(76,77)78)65(96)90-40-48(103-16-2)38-54(90)63(94)81-72(31-22-23-32-72)71(102)88(14)61(47-26-20-21-27-47)70(101)87(13)56(66(97)82(7)8)39-58(92)85(11)53(34-42(3)4)62(93)80-60/h42-56,59-61H,15-41H2,1-14H3,(H,79,91)(H,80,93)(H,81,94)/t43-,44-,46?,48+,49?,50?,51-,52-,53-,54-,55-,56-,59?,60-,61-/m0/s1. The predicted molar refractivity (Wildman–Crippen MR) is 372 cm³/mol. The minimum atomic E-state index is -5.17. The number of nitrogens with one attached hydrogen (secondary N) is 3. The van der Waals surface area contributed by atoms with Crippen LogP contribution in [0.5, 0.6) is 0 Å². The molecule has 0 aromatic rings. The molecule has 2 unspecified atom stereocenters. The van der Waals surface area contributed by atoms with Crippen LogP contribution >= 0.6 is 0 Å². The van der Waals surface area contributed by atoms with Gasteiger partial charge in [-0.25, -0.2) is 8.78 Å². The number of ether oxygens (including phenoxy) is 1. The first-order valence-corrected chi connectivity index (χ1v) is 37.7. The van der Waals surface area contributed by atoms with Gasteiger partial charge in [-0.2, -0.15) is 13.2 Å². The van der Waals surface area contributed by atoms with E-state index >= 15 is 32.8 Å². The lowest BCUT2D eigenvalue weighted by Gasteiger charge is -2.45. The molecule has 7 aliphatic rings. The van der Waals surface area contributed by atoms with Crippen molar-refractivity contribution in [3.63, 3.8) is 0 Å². The lowest BCUT2D eigenvalue weighted by molar-refractivity contribution is -0.219. The number of hydrogen-bond acceptors (Lipinski definition) is 13. The third-order valence-electron chi connectivity index (χ3n) is 23.6. The summed E-state index contributed by atoms with van der Waals surface area (Å²) < 4.78 is 78.7. The second kappa shape index (κ2) is 36.0. The average molecular weight is 1470 g/mol. The molecular weight excluding hydrogens is 1350 g/mol. The Morgan fingerprint density at radius 1 is 0.641 bits per heavy atom. The first-order chi connectivity index (χ1) is 48.4. The SMILES string of the molecule is CCO[C@@H]1C[C@H]2C(=O)NC3(CCCC3)C(=O)N(C)[C@@H](C3CCCC3)C(=O)N(C)[C@H](C(=O)N(C)C)CC(=O)N(C)[C@@H](CC(C)C)C(=O)N[C@@H]([C@@H](C)CC)C(=O)N(C)[C@@H](C)C(=O)N3CC[C@H]3C(=O)N(C)[C@@H](CC3CCCCC3)C(=O)N(C)CC(=O)N[C@@H](CCC3CC(F)C(C(F)(F)F)C(F)C3)C(=O)N2C1. The zero-order chi connectivity index (χ0) is 76.4. The highest BCUT2D eigenvalue weighted by Crippen LogP contribution is 2.45. The third kappa shape index (κ3) is 19.7. The predicted octanol–water partition coefficient (Wildman–Crippen LogP) is 5.39. The molecule has 4 aliphatic carbocycles. The summed E-state index contributed by atoms with van der Waals surface area (Å²) in [6.45, 7) is 9.80. The smallest absolute Gasteiger partial charge is 0.377 e. The summed E-state index contributed by atoms with van der Waals surface area (Å²) in [5.41, 5.74) is -1.67. The molecule has 0 bridgehead atoms. The van der Waals surface area contributed by atoms with Crippen LogP contribution in [0.2, 0.25) is 0 Å². The van der Waals surface area contributed by atoms with Crippen LogP contribution in [0, 0.1) is 35.5 Å². The first kappa shape index (κ1) is 83.5. The number of alkyl halides is 5. The van der Waals surface area contributed by atoms with Gasteiger partial charge in [0.05, 0.1) is 19.1 Å². The van der Waals surface area contributed by atoms with Crippen molar-refractivity contribution in [3.8, 4) is 0 Å².